The van der Waals surface area contributed by atoms with E-state index in [1.807, 2.05) is 13.8 Å². The molecule has 0 radical (unpaired) electrons. The Labute approximate surface area is 158 Å². The first kappa shape index (κ1) is 22.5. The number of hydrogen-bond acceptors (Lipinski definition) is 8. The lowest BCUT2D eigenvalue weighted by Gasteiger charge is -2.21. The van der Waals surface area contributed by atoms with Crippen molar-refractivity contribution in [2.24, 2.45) is 4.84 Å². The van der Waals surface area contributed by atoms with Gasteiger partial charge >= 0.3 is 14.7 Å². The highest BCUT2D eigenvalue weighted by molar-refractivity contribution is 7.98. The van der Waals surface area contributed by atoms with Crippen molar-refractivity contribution in [3.05, 3.63) is 39.2 Å². The summed E-state index contributed by atoms with van der Waals surface area (Å²) in [6.45, 7) is 4.32. The van der Waals surface area contributed by atoms with Gasteiger partial charge in [-0.15, -0.1) is 0 Å². The first-order valence-electron chi connectivity index (χ1n) is 8.47. The molecule has 0 aromatic carbocycles. The van der Waals surface area contributed by atoms with Crippen LogP contribution < -0.4 is 5.56 Å². The van der Waals surface area contributed by atoms with Gasteiger partial charge in [0.1, 0.15) is 6.54 Å². The minimum atomic E-state index is -3.00. The average molecular weight is 403 g/mol. The Balaban J connectivity index is 2.53. The van der Waals surface area contributed by atoms with E-state index in [1.165, 1.54) is 11.7 Å². The highest BCUT2D eigenvalue weighted by Gasteiger charge is 2.40. The quantitative estimate of drug-likeness (QED) is 0.216. The molecule has 1 aromatic rings. The standard InChI is InChI=1S/C16H26N2O6SSi/c1-4-23-26(17-21,24-5-2)11-7-10-25-13-14-8-6-9-18(16(14)20)12-15(19)22-3/h6,8-9H,4-5,7,10-13H2,1-3H3. The first-order valence-corrected chi connectivity index (χ1v) is 11.6. The summed E-state index contributed by atoms with van der Waals surface area (Å²) >= 11 is 1.58. The van der Waals surface area contributed by atoms with Crippen molar-refractivity contribution >= 4 is 26.5 Å². The summed E-state index contributed by atoms with van der Waals surface area (Å²) in [6.07, 6.45) is 2.28. The van der Waals surface area contributed by atoms with Gasteiger partial charge in [0.05, 0.1) is 7.11 Å². The van der Waals surface area contributed by atoms with E-state index in [0.717, 1.165) is 5.75 Å². The van der Waals surface area contributed by atoms with E-state index in [-0.39, 0.29) is 12.1 Å². The maximum Gasteiger partial charge on any atom is 0.521 e. The number of pyridine rings is 1. The molecule has 0 aliphatic carbocycles. The van der Waals surface area contributed by atoms with Gasteiger partial charge in [0, 0.05) is 36.8 Å². The number of aromatic nitrogens is 1. The summed E-state index contributed by atoms with van der Waals surface area (Å²) in [5.41, 5.74) is 0.417. The third kappa shape index (κ3) is 7.02. The maximum atomic E-state index is 12.3. The summed E-state index contributed by atoms with van der Waals surface area (Å²) in [6, 6.07) is 3.97. The SMILES string of the molecule is CCO[Si](CCCSCc1cccn(CC(=O)OC)c1=O)(N=O)OCC. The predicted octanol–water partition coefficient (Wildman–Crippen LogP) is 2.42. The molecule has 0 atom stereocenters. The van der Waals surface area contributed by atoms with Gasteiger partial charge in [-0.2, -0.15) is 16.7 Å². The molecule has 0 saturated carbocycles. The molecule has 0 N–H and O–H groups in total. The van der Waals surface area contributed by atoms with Crippen LogP contribution in [0.2, 0.25) is 6.04 Å². The molecule has 0 spiro atoms. The molecular formula is C16H26N2O6SSi. The highest BCUT2D eigenvalue weighted by Crippen LogP contribution is 2.20. The fourth-order valence-electron chi connectivity index (χ4n) is 2.34. The molecule has 0 aliphatic rings. The summed E-state index contributed by atoms with van der Waals surface area (Å²) in [4.78, 5) is 38.0. The van der Waals surface area contributed by atoms with Gasteiger partial charge in [0.15, 0.2) is 0 Å². The third-order valence-corrected chi connectivity index (χ3v) is 7.38. The lowest BCUT2D eigenvalue weighted by atomic mass is 10.3. The first-order chi connectivity index (χ1) is 12.5. The van der Waals surface area contributed by atoms with Gasteiger partial charge in [-0.05, 0) is 36.9 Å². The minimum absolute atomic E-state index is 0.102. The van der Waals surface area contributed by atoms with E-state index in [4.69, 9.17) is 8.85 Å². The Morgan fingerprint density at radius 3 is 2.58 bits per heavy atom. The molecule has 1 heterocycles. The number of nitrogens with zero attached hydrogens (tertiary/aromatic N) is 2. The number of rotatable bonds is 13. The Morgan fingerprint density at radius 1 is 1.31 bits per heavy atom. The summed E-state index contributed by atoms with van der Waals surface area (Å²) < 4.78 is 16.9. The predicted molar refractivity (Wildman–Crippen MR) is 103 cm³/mol. The van der Waals surface area contributed by atoms with Crippen molar-refractivity contribution in [2.45, 2.75) is 38.6 Å². The number of carbonyl (C=O) groups excluding carboxylic acids is 1. The van der Waals surface area contributed by atoms with Crippen molar-refractivity contribution in [1.82, 2.24) is 4.57 Å². The fraction of sp³-hybridized carbons (Fsp3) is 0.625. The van der Waals surface area contributed by atoms with Crippen LogP contribution in [0.1, 0.15) is 25.8 Å². The molecule has 0 bridgehead atoms. The zero-order valence-electron chi connectivity index (χ0n) is 15.4. The fourth-order valence-corrected chi connectivity index (χ4v) is 5.62. The smallest absolute Gasteiger partial charge is 0.468 e. The zero-order chi connectivity index (χ0) is 19.4. The van der Waals surface area contributed by atoms with Crippen LogP contribution in [0.15, 0.2) is 28.0 Å². The van der Waals surface area contributed by atoms with E-state index in [2.05, 4.69) is 9.58 Å². The lowest BCUT2D eigenvalue weighted by Crippen LogP contribution is -2.40. The van der Waals surface area contributed by atoms with Crippen molar-refractivity contribution < 1.29 is 18.4 Å². The number of methoxy groups -OCH3 is 1. The van der Waals surface area contributed by atoms with Crippen LogP contribution in [0.4, 0.5) is 0 Å². The van der Waals surface area contributed by atoms with Crippen LogP contribution in [0.25, 0.3) is 0 Å². The number of hydrogen-bond donors (Lipinski definition) is 0. The lowest BCUT2D eigenvalue weighted by molar-refractivity contribution is -0.141. The Kier molecular flexibility index (Phi) is 10.4. The molecule has 0 amide bonds. The van der Waals surface area contributed by atoms with Crippen LogP contribution in [0, 0.1) is 4.91 Å². The molecule has 0 fully saturated rings. The van der Waals surface area contributed by atoms with E-state index in [1.54, 1.807) is 30.1 Å². The number of carbonyl (C=O) groups is 1. The van der Waals surface area contributed by atoms with Gasteiger partial charge in [0.25, 0.3) is 5.56 Å². The molecule has 0 unspecified atom stereocenters. The summed E-state index contributed by atoms with van der Waals surface area (Å²) in [5, 5.41) is 0. The average Bonchev–Trinajstić information content (AvgIpc) is 2.64. The molecule has 0 saturated heterocycles. The van der Waals surface area contributed by atoms with Crippen LogP contribution in [-0.4, -0.2) is 45.3 Å². The molecule has 26 heavy (non-hydrogen) atoms. The molecule has 146 valence electrons. The van der Waals surface area contributed by atoms with E-state index in [9.17, 15) is 14.5 Å². The minimum Gasteiger partial charge on any atom is -0.468 e. The molecule has 0 aliphatic heterocycles. The number of thioether (sulfide) groups is 1. The van der Waals surface area contributed by atoms with Crippen LogP contribution >= 0.6 is 11.8 Å². The molecule has 8 nitrogen and oxygen atoms in total. The molecule has 10 heteroatoms. The van der Waals surface area contributed by atoms with Crippen molar-refractivity contribution in [2.75, 3.05) is 26.1 Å². The Hall–Kier alpha value is -1.49. The van der Waals surface area contributed by atoms with Gasteiger partial charge in [-0.3, -0.25) is 9.59 Å². The van der Waals surface area contributed by atoms with E-state index in [0.29, 0.717) is 37.0 Å². The monoisotopic (exact) mass is 402 g/mol. The highest BCUT2D eigenvalue weighted by atomic mass is 32.2. The second-order valence-corrected chi connectivity index (χ2v) is 9.16. The second-order valence-electron chi connectivity index (χ2n) is 5.37. The normalized spacial score (nSPS) is 11.3. The molecule has 1 rings (SSSR count). The molecule has 1 aromatic heterocycles. The zero-order valence-corrected chi connectivity index (χ0v) is 17.3. The summed E-state index contributed by atoms with van der Waals surface area (Å²) in [5.74, 6) is 0.801. The number of nitroso groups, excluding NO2 is 1. The van der Waals surface area contributed by atoms with Crippen molar-refractivity contribution in [3.8, 4) is 0 Å². The van der Waals surface area contributed by atoms with Gasteiger partial charge < -0.3 is 18.2 Å². The topological polar surface area (TPSA) is 96.2 Å². The summed E-state index contributed by atoms with van der Waals surface area (Å²) in [7, 11) is -1.72. The molecular weight excluding hydrogens is 376 g/mol. The van der Waals surface area contributed by atoms with Crippen LogP contribution in [0.5, 0.6) is 0 Å². The van der Waals surface area contributed by atoms with Crippen molar-refractivity contribution in [3.63, 3.8) is 0 Å². The Bertz CT molecular complexity index is 633. The van der Waals surface area contributed by atoms with Gasteiger partial charge in [-0.25, -0.2) is 0 Å². The second kappa shape index (κ2) is 12.0. The van der Waals surface area contributed by atoms with Crippen LogP contribution in [-0.2, 0) is 30.7 Å². The number of ether oxygens (including phenoxy) is 1. The maximum absolute atomic E-state index is 12.3. The number of esters is 1. The third-order valence-electron chi connectivity index (χ3n) is 3.54. The van der Waals surface area contributed by atoms with Gasteiger partial charge in [-0.1, -0.05) is 6.07 Å². The van der Waals surface area contributed by atoms with Crippen LogP contribution in [0.3, 0.4) is 0 Å². The van der Waals surface area contributed by atoms with E-state index < -0.39 is 14.7 Å². The Morgan fingerprint density at radius 2 is 2.00 bits per heavy atom. The largest absolute Gasteiger partial charge is 0.521 e. The van der Waals surface area contributed by atoms with E-state index >= 15 is 0 Å². The van der Waals surface area contributed by atoms with Gasteiger partial charge in [0.2, 0.25) is 0 Å². The van der Waals surface area contributed by atoms with Crippen molar-refractivity contribution in [1.29, 1.82) is 0 Å².